The summed E-state index contributed by atoms with van der Waals surface area (Å²) in [6.45, 7) is 3.69. The first-order valence-corrected chi connectivity index (χ1v) is 4.75. The lowest BCUT2D eigenvalue weighted by Gasteiger charge is -2.26. The lowest BCUT2D eigenvalue weighted by molar-refractivity contribution is -0.144. The van der Waals surface area contributed by atoms with Gasteiger partial charge in [0.05, 0.1) is 0 Å². The fourth-order valence-corrected chi connectivity index (χ4v) is 1.51. The van der Waals surface area contributed by atoms with Crippen molar-refractivity contribution in [2.45, 2.75) is 19.4 Å². The smallest absolute Gasteiger partial charge is 0.328 e. The van der Waals surface area contributed by atoms with E-state index in [4.69, 9.17) is 5.11 Å². The Labute approximate surface area is 87.9 Å². The summed E-state index contributed by atoms with van der Waals surface area (Å²) in [5.41, 5.74) is -1.22. The van der Waals surface area contributed by atoms with Gasteiger partial charge in [-0.3, -0.25) is 5.32 Å². The molecular weight excluding hydrogens is 197 g/mol. The third kappa shape index (κ3) is 2.15. The van der Waals surface area contributed by atoms with Crippen LogP contribution in [0.1, 0.15) is 19.4 Å². The third-order valence-electron chi connectivity index (χ3n) is 2.37. The minimum atomic E-state index is -1.37. The van der Waals surface area contributed by atoms with Crippen LogP contribution in [0.5, 0.6) is 0 Å². The van der Waals surface area contributed by atoms with E-state index >= 15 is 0 Å². The summed E-state index contributed by atoms with van der Waals surface area (Å²) in [4.78, 5) is 11.1. The van der Waals surface area contributed by atoms with E-state index in [1.807, 2.05) is 0 Å². The van der Waals surface area contributed by atoms with Crippen LogP contribution in [0.3, 0.4) is 0 Å². The van der Waals surface area contributed by atoms with Gasteiger partial charge < -0.3 is 5.11 Å². The molecule has 15 heavy (non-hydrogen) atoms. The molecule has 0 amide bonds. The van der Waals surface area contributed by atoms with Crippen molar-refractivity contribution in [3.8, 4) is 0 Å². The van der Waals surface area contributed by atoms with Crippen LogP contribution in [-0.4, -0.2) is 17.6 Å². The van der Waals surface area contributed by atoms with Crippen LogP contribution < -0.4 is 5.32 Å². The van der Waals surface area contributed by atoms with Gasteiger partial charge in [0.15, 0.2) is 0 Å². The first-order valence-electron chi connectivity index (χ1n) is 4.75. The van der Waals surface area contributed by atoms with Crippen LogP contribution in [0.15, 0.2) is 24.3 Å². The number of hydrogen-bond donors (Lipinski definition) is 2. The lowest BCUT2D eigenvalue weighted by atomic mass is 9.91. The van der Waals surface area contributed by atoms with Crippen LogP contribution in [0, 0.1) is 5.82 Å². The predicted molar refractivity (Wildman–Crippen MR) is 55.1 cm³/mol. The van der Waals surface area contributed by atoms with Crippen molar-refractivity contribution in [2.24, 2.45) is 0 Å². The Morgan fingerprint density at radius 2 is 2.13 bits per heavy atom. The monoisotopic (exact) mass is 211 g/mol. The van der Waals surface area contributed by atoms with Gasteiger partial charge in [-0.05, 0) is 19.5 Å². The largest absolute Gasteiger partial charge is 0.480 e. The highest BCUT2D eigenvalue weighted by atomic mass is 19.1. The molecule has 0 saturated heterocycles. The molecule has 0 heterocycles. The van der Waals surface area contributed by atoms with Gasteiger partial charge in [0, 0.05) is 5.56 Å². The van der Waals surface area contributed by atoms with E-state index < -0.39 is 17.3 Å². The molecule has 82 valence electrons. The maximum Gasteiger partial charge on any atom is 0.328 e. The highest BCUT2D eigenvalue weighted by molar-refractivity contribution is 5.80. The van der Waals surface area contributed by atoms with Crippen LogP contribution in [0.4, 0.5) is 4.39 Å². The molecule has 0 aliphatic rings. The Balaban J connectivity index is 3.21. The zero-order chi connectivity index (χ0) is 11.5. The number of hydrogen-bond acceptors (Lipinski definition) is 2. The van der Waals surface area contributed by atoms with Gasteiger partial charge in [-0.15, -0.1) is 0 Å². The van der Waals surface area contributed by atoms with Crippen LogP contribution in [0.2, 0.25) is 0 Å². The zero-order valence-electron chi connectivity index (χ0n) is 8.75. The Morgan fingerprint density at radius 3 is 2.60 bits per heavy atom. The molecule has 1 aromatic carbocycles. The number of likely N-dealkylation sites (N-methyl/N-ethyl adjacent to an activating group) is 1. The van der Waals surface area contributed by atoms with Crippen LogP contribution >= 0.6 is 0 Å². The minimum Gasteiger partial charge on any atom is -0.480 e. The lowest BCUT2D eigenvalue weighted by Crippen LogP contribution is -2.47. The molecule has 0 spiro atoms. The molecule has 3 nitrogen and oxygen atoms in total. The molecule has 0 bridgehead atoms. The van der Waals surface area contributed by atoms with E-state index in [-0.39, 0.29) is 5.56 Å². The Morgan fingerprint density at radius 1 is 1.53 bits per heavy atom. The molecule has 1 aromatic rings. The van der Waals surface area contributed by atoms with Gasteiger partial charge in [-0.25, -0.2) is 9.18 Å². The van der Waals surface area contributed by atoms with Crippen molar-refractivity contribution >= 4 is 5.97 Å². The van der Waals surface area contributed by atoms with Crippen LogP contribution in [0.25, 0.3) is 0 Å². The van der Waals surface area contributed by atoms with Gasteiger partial charge in [0.1, 0.15) is 11.4 Å². The van der Waals surface area contributed by atoms with Gasteiger partial charge in [-0.2, -0.15) is 0 Å². The van der Waals surface area contributed by atoms with Gasteiger partial charge in [0.2, 0.25) is 0 Å². The number of carboxylic acid groups (broad SMARTS) is 1. The normalized spacial score (nSPS) is 14.6. The van der Waals surface area contributed by atoms with Crippen LogP contribution in [-0.2, 0) is 10.3 Å². The summed E-state index contributed by atoms with van der Waals surface area (Å²) in [6, 6.07) is 5.89. The molecule has 1 unspecified atom stereocenters. The molecule has 1 rings (SSSR count). The number of carboxylic acids is 1. The zero-order valence-corrected chi connectivity index (χ0v) is 8.75. The van der Waals surface area contributed by atoms with E-state index in [0.29, 0.717) is 6.54 Å². The third-order valence-corrected chi connectivity index (χ3v) is 2.37. The number of halogens is 1. The molecule has 0 saturated carbocycles. The summed E-state index contributed by atoms with van der Waals surface area (Å²) < 4.78 is 13.5. The predicted octanol–water partition coefficient (Wildman–Crippen LogP) is 1.73. The first-order chi connectivity index (χ1) is 7.02. The van der Waals surface area contributed by atoms with Gasteiger partial charge in [0.25, 0.3) is 0 Å². The molecule has 1 atom stereocenters. The van der Waals surface area contributed by atoms with Gasteiger partial charge in [-0.1, -0.05) is 25.1 Å². The second-order valence-electron chi connectivity index (χ2n) is 3.44. The number of carbonyl (C=O) groups is 1. The van der Waals surface area contributed by atoms with E-state index in [2.05, 4.69) is 5.32 Å². The molecule has 0 aliphatic heterocycles. The van der Waals surface area contributed by atoms with Crippen molar-refractivity contribution in [2.75, 3.05) is 6.54 Å². The highest BCUT2D eigenvalue weighted by Gasteiger charge is 2.36. The number of aliphatic carboxylic acids is 1. The summed E-state index contributed by atoms with van der Waals surface area (Å²) in [5, 5.41) is 11.9. The van der Waals surface area contributed by atoms with Crippen molar-refractivity contribution in [3.63, 3.8) is 0 Å². The summed E-state index contributed by atoms with van der Waals surface area (Å²) in [5.74, 6) is -1.60. The molecule has 0 aliphatic carbocycles. The number of nitrogens with one attached hydrogen (secondary N) is 1. The van der Waals surface area contributed by atoms with Crippen molar-refractivity contribution < 1.29 is 14.3 Å². The Bertz CT molecular complexity index is 367. The molecule has 0 aromatic heterocycles. The quantitative estimate of drug-likeness (QED) is 0.797. The van der Waals surface area contributed by atoms with E-state index in [0.717, 1.165) is 0 Å². The fraction of sp³-hybridized carbons (Fsp3) is 0.364. The molecule has 2 N–H and O–H groups in total. The first kappa shape index (κ1) is 11.7. The van der Waals surface area contributed by atoms with Crippen molar-refractivity contribution in [3.05, 3.63) is 35.6 Å². The van der Waals surface area contributed by atoms with Crippen molar-refractivity contribution in [1.82, 2.24) is 5.32 Å². The Hall–Kier alpha value is -1.42. The minimum absolute atomic E-state index is 0.152. The summed E-state index contributed by atoms with van der Waals surface area (Å²) >= 11 is 0. The molecule has 0 radical (unpaired) electrons. The van der Waals surface area contributed by atoms with Crippen molar-refractivity contribution in [1.29, 1.82) is 0 Å². The fourth-order valence-electron chi connectivity index (χ4n) is 1.51. The topological polar surface area (TPSA) is 49.3 Å². The molecule has 0 fully saturated rings. The van der Waals surface area contributed by atoms with E-state index in [9.17, 15) is 9.18 Å². The average Bonchev–Trinajstić information content (AvgIpc) is 2.18. The molecular formula is C11H14FNO2. The summed E-state index contributed by atoms with van der Waals surface area (Å²) in [7, 11) is 0. The second-order valence-corrected chi connectivity index (χ2v) is 3.44. The average molecular weight is 211 g/mol. The van der Waals surface area contributed by atoms with E-state index in [1.54, 1.807) is 13.0 Å². The standard InChI is InChI=1S/C11H14FNO2/c1-3-13-11(2,10(14)15)8-6-4-5-7-9(8)12/h4-7,13H,3H2,1-2H3,(H,14,15). The van der Waals surface area contributed by atoms with Gasteiger partial charge >= 0.3 is 5.97 Å². The molecule has 4 heteroatoms. The highest BCUT2D eigenvalue weighted by Crippen LogP contribution is 2.23. The SMILES string of the molecule is CCNC(C)(C(=O)O)c1ccccc1F. The number of rotatable bonds is 4. The van der Waals surface area contributed by atoms with E-state index in [1.165, 1.54) is 25.1 Å². The Kier molecular flexibility index (Phi) is 3.42. The maximum atomic E-state index is 13.5. The second kappa shape index (κ2) is 4.40. The maximum absolute atomic E-state index is 13.5. The number of benzene rings is 1. The summed E-state index contributed by atoms with van der Waals surface area (Å²) in [6.07, 6.45) is 0.